The zero-order chi connectivity index (χ0) is 13.7. The third-order valence-corrected chi connectivity index (χ3v) is 2.93. The molecule has 1 aromatic carbocycles. The third-order valence-electron chi connectivity index (χ3n) is 2.56. The summed E-state index contributed by atoms with van der Waals surface area (Å²) in [6.45, 7) is 0.348. The van der Waals surface area contributed by atoms with Gasteiger partial charge in [-0.2, -0.15) is 0 Å². The molecule has 98 valence electrons. The Bertz CT molecular complexity index is 588. The van der Waals surface area contributed by atoms with Crippen molar-refractivity contribution in [2.24, 2.45) is 5.84 Å². The molecule has 0 bridgehead atoms. The number of nitrogens with one attached hydrogen (secondary N) is 2. The van der Waals surface area contributed by atoms with Gasteiger partial charge in [-0.3, -0.25) is 15.6 Å². The predicted octanol–water partition coefficient (Wildman–Crippen LogP) is 1.95. The maximum atomic E-state index is 11.9. The summed E-state index contributed by atoms with van der Waals surface area (Å²) in [6.07, 6.45) is 1.51. The van der Waals surface area contributed by atoms with Gasteiger partial charge in [0.15, 0.2) is 0 Å². The van der Waals surface area contributed by atoms with E-state index in [0.29, 0.717) is 22.9 Å². The maximum Gasteiger partial charge on any atom is 0.270 e. The van der Waals surface area contributed by atoms with E-state index < -0.39 is 0 Å². The lowest BCUT2D eigenvalue weighted by Gasteiger charge is -2.07. The van der Waals surface area contributed by atoms with E-state index in [1.54, 1.807) is 18.2 Å². The molecule has 1 aromatic heterocycles. The quantitative estimate of drug-likeness (QED) is 0.589. The summed E-state index contributed by atoms with van der Waals surface area (Å²) in [6, 6.07) is 10.6. The molecule has 1 heterocycles. The number of hydrazine groups is 1. The second-order valence-electron chi connectivity index (χ2n) is 3.85. The van der Waals surface area contributed by atoms with Crippen molar-refractivity contribution in [2.75, 3.05) is 5.43 Å². The average molecular weight is 277 g/mol. The van der Waals surface area contributed by atoms with Gasteiger partial charge in [0.05, 0.1) is 5.69 Å². The summed E-state index contributed by atoms with van der Waals surface area (Å²) in [4.78, 5) is 15.9. The number of nitrogens with two attached hydrogens (primary N) is 1. The first-order valence-electron chi connectivity index (χ1n) is 5.65. The van der Waals surface area contributed by atoms with Gasteiger partial charge in [-0.1, -0.05) is 29.8 Å². The van der Waals surface area contributed by atoms with Gasteiger partial charge in [0.25, 0.3) is 5.91 Å². The Labute approximate surface area is 115 Å². The number of nitrogens with zero attached hydrogens (tertiary/aromatic N) is 1. The molecule has 19 heavy (non-hydrogen) atoms. The van der Waals surface area contributed by atoms with Gasteiger partial charge in [0.2, 0.25) is 0 Å². The van der Waals surface area contributed by atoms with Crippen LogP contribution in [0.2, 0.25) is 5.02 Å². The molecule has 0 radical (unpaired) electrons. The molecule has 0 saturated carbocycles. The minimum absolute atomic E-state index is 0.281. The van der Waals surface area contributed by atoms with Crippen molar-refractivity contribution >= 4 is 23.2 Å². The predicted molar refractivity (Wildman–Crippen MR) is 74.7 cm³/mol. The van der Waals surface area contributed by atoms with Crippen LogP contribution in [0, 0.1) is 0 Å². The monoisotopic (exact) mass is 276 g/mol. The standard InChI is InChI=1S/C13H13ClN4O/c14-11-4-2-1-3-9(11)8-17-13(19)12-7-10(18-15)5-6-16-12/h1-7H,8,15H2,(H,16,18)(H,17,19). The second kappa shape index (κ2) is 6.17. The number of hydrogen-bond acceptors (Lipinski definition) is 4. The minimum Gasteiger partial charge on any atom is -0.347 e. The average Bonchev–Trinajstić information content (AvgIpc) is 2.46. The highest BCUT2D eigenvalue weighted by atomic mass is 35.5. The number of rotatable bonds is 4. The lowest BCUT2D eigenvalue weighted by molar-refractivity contribution is 0.0946. The molecule has 0 saturated heterocycles. The largest absolute Gasteiger partial charge is 0.347 e. The van der Waals surface area contributed by atoms with Crippen LogP contribution in [-0.2, 0) is 6.54 Å². The molecule has 0 aliphatic heterocycles. The zero-order valence-electron chi connectivity index (χ0n) is 10.1. The molecule has 1 amide bonds. The fourth-order valence-electron chi connectivity index (χ4n) is 1.55. The van der Waals surface area contributed by atoms with Crippen LogP contribution in [-0.4, -0.2) is 10.9 Å². The SMILES string of the molecule is NNc1ccnc(C(=O)NCc2ccccc2Cl)c1. The number of benzene rings is 1. The Morgan fingerprint density at radius 3 is 2.84 bits per heavy atom. The molecule has 0 fully saturated rings. The van der Waals surface area contributed by atoms with Gasteiger partial charge < -0.3 is 10.7 Å². The highest BCUT2D eigenvalue weighted by Crippen LogP contribution is 2.14. The number of carbonyl (C=O) groups excluding carboxylic acids is 1. The van der Waals surface area contributed by atoms with Crippen LogP contribution in [0.25, 0.3) is 0 Å². The molecule has 0 aliphatic carbocycles. The van der Waals surface area contributed by atoms with Gasteiger partial charge in [-0.05, 0) is 23.8 Å². The number of aromatic nitrogens is 1. The number of hydrogen-bond donors (Lipinski definition) is 3. The van der Waals surface area contributed by atoms with E-state index >= 15 is 0 Å². The summed E-state index contributed by atoms with van der Waals surface area (Å²) in [5.74, 6) is 5.00. The highest BCUT2D eigenvalue weighted by Gasteiger charge is 2.08. The van der Waals surface area contributed by atoms with Crippen molar-refractivity contribution in [3.05, 3.63) is 58.9 Å². The molecule has 0 atom stereocenters. The number of pyridine rings is 1. The Morgan fingerprint density at radius 1 is 1.32 bits per heavy atom. The molecule has 0 spiro atoms. The van der Waals surface area contributed by atoms with E-state index in [0.717, 1.165) is 5.56 Å². The molecule has 2 rings (SSSR count). The molecular formula is C13H13ClN4O. The van der Waals surface area contributed by atoms with E-state index in [1.807, 2.05) is 18.2 Å². The fourth-order valence-corrected chi connectivity index (χ4v) is 1.75. The molecule has 6 heteroatoms. The summed E-state index contributed by atoms with van der Waals surface area (Å²) in [7, 11) is 0. The van der Waals surface area contributed by atoms with Crippen LogP contribution < -0.4 is 16.6 Å². The summed E-state index contributed by atoms with van der Waals surface area (Å²) < 4.78 is 0. The highest BCUT2D eigenvalue weighted by molar-refractivity contribution is 6.31. The lowest BCUT2D eigenvalue weighted by Crippen LogP contribution is -2.24. The second-order valence-corrected chi connectivity index (χ2v) is 4.26. The van der Waals surface area contributed by atoms with Gasteiger partial charge in [-0.25, -0.2) is 0 Å². The van der Waals surface area contributed by atoms with Crippen LogP contribution >= 0.6 is 11.6 Å². The van der Waals surface area contributed by atoms with Crippen molar-refractivity contribution in [3.8, 4) is 0 Å². The third kappa shape index (κ3) is 3.43. The number of carbonyl (C=O) groups is 1. The number of amides is 1. The molecule has 0 unspecified atom stereocenters. The van der Waals surface area contributed by atoms with E-state index in [9.17, 15) is 4.79 Å². The Kier molecular flexibility index (Phi) is 4.33. The first-order valence-corrected chi connectivity index (χ1v) is 6.03. The normalized spacial score (nSPS) is 10.0. The topological polar surface area (TPSA) is 80.0 Å². The maximum absolute atomic E-state index is 11.9. The Morgan fingerprint density at radius 2 is 2.11 bits per heavy atom. The van der Waals surface area contributed by atoms with E-state index in [-0.39, 0.29) is 5.91 Å². The number of halogens is 1. The molecule has 0 aliphatic rings. The number of anilines is 1. The van der Waals surface area contributed by atoms with Crippen molar-refractivity contribution in [2.45, 2.75) is 6.54 Å². The Hall–Kier alpha value is -2.11. The van der Waals surface area contributed by atoms with Gasteiger partial charge >= 0.3 is 0 Å². The van der Waals surface area contributed by atoms with Gasteiger partial charge in [0.1, 0.15) is 5.69 Å². The van der Waals surface area contributed by atoms with Crippen LogP contribution in [0.3, 0.4) is 0 Å². The van der Waals surface area contributed by atoms with Crippen molar-refractivity contribution in [3.63, 3.8) is 0 Å². The Balaban J connectivity index is 2.03. The van der Waals surface area contributed by atoms with Crippen LogP contribution in [0.15, 0.2) is 42.6 Å². The van der Waals surface area contributed by atoms with Crippen LogP contribution in [0.1, 0.15) is 16.1 Å². The minimum atomic E-state index is -0.281. The van der Waals surface area contributed by atoms with Crippen molar-refractivity contribution in [1.29, 1.82) is 0 Å². The first kappa shape index (κ1) is 13.3. The van der Waals surface area contributed by atoms with E-state index in [2.05, 4.69) is 15.7 Å². The summed E-state index contributed by atoms with van der Waals surface area (Å²) >= 11 is 6.01. The van der Waals surface area contributed by atoms with Crippen LogP contribution in [0.5, 0.6) is 0 Å². The summed E-state index contributed by atoms with van der Waals surface area (Å²) in [5, 5.41) is 3.37. The summed E-state index contributed by atoms with van der Waals surface area (Å²) in [5.41, 5.74) is 4.23. The smallest absolute Gasteiger partial charge is 0.270 e. The van der Waals surface area contributed by atoms with Crippen LogP contribution in [0.4, 0.5) is 5.69 Å². The first-order chi connectivity index (χ1) is 9.20. The lowest BCUT2D eigenvalue weighted by atomic mass is 10.2. The number of nitrogen functional groups attached to an aromatic ring is 1. The zero-order valence-corrected chi connectivity index (χ0v) is 10.8. The van der Waals surface area contributed by atoms with Crippen molar-refractivity contribution < 1.29 is 4.79 Å². The molecule has 4 N–H and O–H groups in total. The van der Waals surface area contributed by atoms with E-state index in [1.165, 1.54) is 6.20 Å². The van der Waals surface area contributed by atoms with Gasteiger partial charge in [0, 0.05) is 17.8 Å². The molecular weight excluding hydrogens is 264 g/mol. The molecule has 2 aromatic rings. The fraction of sp³-hybridized carbons (Fsp3) is 0.0769. The van der Waals surface area contributed by atoms with Gasteiger partial charge in [-0.15, -0.1) is 0 Å². The van der Waals surface area contributed by atoms with E-state index in [4.69, 9.17) is 17.4 Å². The van der Waals surface area contributed by atoms with Crippen molar-refractivity contribution in [1.82, 2.24) is 10.3 Å². The molecule has 5 nitrogen and oxygen atoms in total.